The first-order valence-corrected chi connectivity index (χ1v) is 6.66. The number of carbonyl (C=O) groups excluding carboxylic acids is 2. The molecule has 5 nitrogen and oxygen atoms in total. The molecule has 1 aliphatic heterocycles. The third kappa shape index (κ3) is 2.50. The SMILES string of the molecule is CC(=O)c1ccc2c(c1)N(C(=O)c1ccncc1)CCO2. The largest absolute Gasteiger partial charge is 0.490 e. The van der Waals surface area contributed by atoms with E-state index in [0.717, 1.165) is 0 Å². The molecule has 0 fully saturated rings. The van der Waals surface area contributed by atoms with Gasteiger partial charge in [-0.3, -0.25) is 14.6 Å². The van der Waals surface area contributed by atoms with Gasteiger partial charge in [0.1, 0.15) is 12.4 Å². The van der Waals surface area contributed by atoms with Crippen molar-refractivity contribution < 1.29 is 14.3 Å². The van der Waals surface area contributed by atoms with E-state index in [-0.39, 0.29) is 11.7 Å². The van der Waals surface area contributed by atoms with Gasteiger partial charge < -0.3 is 9.64 Å². The fourth-order valence-corrected chi connectivity index (χ4v) is 2.30. The van der Waals surface area contributed by atoms with Crippen LogP contribution in [0.5, 0.6) is 5.75 Å². The van der Waals surface area contributed by atoms with Gasteiger partial charge in [-0.1, -0.05) is 0 Å². The number of nitrogens with zero attached hydrogens (tertiary/aromatic N) is 2. The van der Waals surface area contributed by atoms with Crippen LogP contribution in [0.4, 0.5) is 5.69 Å². The summed E-state index contributed by atoms with van der Waals surface area (Å²) in [6, 6.07) is 8.49. The Morgan fingerprint density at radius 2 is 1.90 bits per heavy atom. The molecule has 0 saturated heterocycles. The predicted molar refractivity (Wildman–Crippen MR) is 77.9 cm³/mol. The monoisotopic (exact) mass is 282 g/mol. The van der Waals surface area contributed by atoms with Crippen LogP contribution in [-0.4, -0.2) is 29.8 Å². The van der Waals surface area contributed by atoms with Crippen LogP contribution in [0, 0.1) is 0 Å². The minimum Gasteiger partial charge on any atom is -0.490 e. The van der Waals surface area contributed by atoms with Gasteiger partial charge in [-0.25, -0.2) is 0 Å². The third-order valence-corrected chi connectivity index (χ3v) is 3.40. The number of ether oxygens (including phenoxy) is 1. The molecule has 5 heteroatoms. The van der Waals surface area contributed by atoms with E-state index in [1.165, 1.54) is 6.92 Å². The molecule has 1 amide bonds. The molecule has 0 aliphatic carbocycles. The van der Waals surface area contributed by atoms with E-state index in [1.807, 2.05) is 0 Å². The minimum absolute atomic E-state index is 0.0420. The van der Waals surface area contributed by atoms with Crippen molar-refractivity contribution in [2.24, 2.45) is 0 Å². The number of ketones is 1. The van der Waals surface area contributed by atoms with Gasteiger partial charge in [-0.05, 0) is 37.3 Å². The number of hydrogen-bond donors (Lipinski definition) is 0. The lowest BCUT2D eigenvalue weighted by Gasteiger charge is -2.30. The van der Waals surface area contributed by atoms with Crippen molar-refractivity contribution in [3.63, 3.8) is 0 Å². The molecule has 106 valence electrons. The molecule has 21 heavy (non-hydrogen) atoms. The number of rotatable bonds is 2. The van der Waals surface area contributed by atoms with Gasteiger partial charge in [-0.2, -0.15) is 0 Å². The predicted octanol–water partition coefficient (Wildman–Crippen LogP) is 2.32. The highest BCUT2D eigenvalue weighted by Crippen LogP contribution is 2.33. The van der Waals surface area contributed by atoms with Crippen molar-refractivity contribution in [1.82, 2.24) is 4.98 Å². The second-order valence-corrected chi connectivity index (χ2v) is 4.78. The number of amides is 1. The van der Waals surface area contributed by atoms with Crippen LogP contribution in [0.15, 0.2) is 42.7 Å². The first-order valence-electron chi connectivity index (χ1n) is 6.66. The standard InChI is InChI=1S/C16H14N2O3/c1-11(19)13-2-3-15-14(10-13)18(8-9-21-15)16(20)12-4-6-17-7-5-12/h2-7,10H,8-9H2,1H3. The van der Waals surface area contributed by atoms with Crippen LogP contribution in [0.3, 0.4) is 0 Å². The maximum atomic E-state index is 12.6. The number of carbonyl (C=O) groups is 2. The zero-order chi connectivity index (χ0) is 14.8. The Bertz CT molecular complexity index is 698. The molecular weight excluding hydrogens is 268 g/mol. The first-order chi connectivity index (χ1) is 10.2. The van der Waals surface area contributed by atoms with E-state index >= 15 is 0 Å². The first kappa shape index (κ1) is 13.3. The number of benzene rings is 1. The fraction of sp³-hybridized carbons (Fsp3) is 0.188. The molecule has 1 aromatic carbocycles. The van der Waals surface area contributed by atoms with E-state index < -0.39 is 0 Å². The summed E-state index contributed by atoms with van der Waals surface area (Å²) in [5.41, 5.74) is 1.76. The van der Waals surface area contributed by atoms with Crippen molar-refractivity contribution >= 4 is 17.4 Å². The summed E-state index contributed by atoms with van der Waals surface area (Å²) in [6.07, 6.45) is 3.17. The maximum absolute atomic E-state index is 12.6. The number of pyridine rings is 1. The third-order valence-electron chi connectivity index (χ3n) is 3.40. The molecule has 1 aromatic heterocycles. The highest BCUT2D eigenvalue weighted by molar-refractivity contribution is 6.08. The van der Waals surface area contributed by atoms with Gasteiger partial charge in [0.15, 0.2) is 5.78 Å². The Kier molecular flexibility index (Phi) is 3.39. The Balaban J connectivity index is 2.01. The minimum atomic E-state index is -0.123. The van der Waals surface area contributed by atoms with E-state index in [9.17, 15) is 9.59 Å². The van der Waals surface area contributed by atoms with Gasteiger partial charge in [-0.15, -0.1) is 0 Å². The molecule has 0 bridgehead atoms. The second-order valence-electron chi connectivity index (χ2n) is 4.78. The van der Waals surface area contributed by atoms with Crippen molar-refractivity contribution in [1.29, 1.82) is 0 Å². The molecule has 0 saturated carbocycles. The van der Waals surface area contributed by atoms with Crippen LogP contribution in [-0.2, 0) is 0 Å². The molecule has 1 aliphatic rings. The molecule has 0 spiro atoms. The average Bonchev–Trinajstić information content (AvgIpc) is 2.54. The van der Waals surface area contributed by atoms with E-state index in [4.69, 9.17) is 4.74 Å². The van der Waals surface area contributed by atoms with Gasteiger partial charge in [0.2, 0.25) is 0 Å². The lowest BCUT2D eigenvalue weighted by Crippen LogP contribution is -2.38. The van der Waals surface area contributed by atoms with Crippen LogP contribution in [0.2, 0.25) is 0 Å². The zero-order valence-corrected chi connectivity index (χ0v) is 11.6. The van der Waals surface area contributed by atoms with E-state index in [1.54, 1.807) is 47.6 Å². The number of anilines is 1. The molecule has 2 heterocycles. The summed E-state index contributed by atoms with van der Waals surface area (Å²) in [6.45, 7) is 2.39. The van der Waals surface area contributed by atoms with Gasteiger partial charge in [0, 0.05) is 23.5 Å². The Hall–Kier alpha value is -2.69. The summed E-state index contributed by atoms with van der Waals surface area (Å²) in [5, 5.41) is 0. The molecule has 0 radical (unpaired) electrons. The maximum Gasteiger partial charge on any atom is 0.258 e. The topological polar surface area (TPSA) is 59.5 Å². The number of Topliss-reactive ketones (excluding diaryl/α,β-unsaturated/α-hetero) is 1. The number of aromatic nitrogens is 1. The normalized spacial score (nSPS) is 13.3. The summed E-state index contributed by atoms with van der Waals surface area (Å²) in [5.74, 6) is 0.455. The Morgan fingerprint density at radius 1 is 1.14 bits per heavy atom. The molecule has 0 unspecified atom stereocenters. The fourth-order valence-electron chi connectivity index (χ4n) is 2.30. The summed E-state index contributed by atoms with van der Waals surface area (Å²) < 4.78 is 5.56. The van der Waals surface area contributed by atoms with Gasteiger partial charge in [0.25, 0.3) is 5.91 Å². The van der Waals surface area contributed by atoms with Crippen LogP contribution < -0.4 is 9.64 Å². The smallest absolute Gasteiger partial charge is 0.258 e. The van der Waals surface area contributed by atoms with Gasteiger partial charge >= 0.3 is 0 Å². The molecular formula is C16H14N2O3. The van der Waals surface area contributed by atoms with Crippen molar-refractivity contribution in [2.75, 3.05) is 18.1 Å². The summed E-state index contributed by atoms with van der Waals surface area (Å²) >= 11 is 0. The summed E-state index contributed by atoms with van der Waals surface area (Å²) in [7, 11) is 0. The molecule has 0 N–H and O–H groups in total. The Labute approximate surface area is 122 Å². The highest BCUT2D eigenvalue weighted by Gasteiger charge is 2.25. The van der Waals surface area contributed by atoms with Crippen LogP contribution in [0.1, 0.15) is 27.6 Å². The highest BCUT2D eigenvalue weighted by atomic mass is 16.5. The van der Waals surface area contributed by atoms with Gasteiger partial charge in [0.05, 0.1) is 12.2 Å². The van der Waals surface area contributed by atoms with E-state index in [0.29, 0.717) is 35.7 Å². The molecule has 3 rings (SSSR count). The molecule has 0 atom stereocenters. The van der Waals surface area contributed by atoms with Crippen LogP contribution >= 0.6 is 0 Å². The second kappa shape index (κ2) is 5.36. The molecule has 2 aromatic rings. The zero-order valence-electron chi connectivity index (χ0n) is 11.6. The average molecular weight is 282 g/mol. The van der Waals surface area contributed by atoms with Crippen molar-refractivity contribution in [3.05, 3.63) is 53.9 Å². The number of hydrogen-bond acceptors (Lipinski definition) is 4. The lowest BCUT2D eigenvalue weighted by atomic mass is 10.1. The van der Waals surface area contributed by atoms with E-state index in [2.05, 4.69) is 4.98 Å². The van der Waals surface area contributed by atoms with Crippen molar-refractivity contribution in [3.8, 4) is 5.75 Å². The lowest BCUT2D eigenvalue weighted by molar-refractivity contribution is 0.0973. The number of fused-ring (bicyclic) bond motifs is 1. The van der Waals surface area contributed by atoms with Crippen molar-refractivity contribution in [2.45, 2.75) is 6.92 Å². The summed E-state index contributed by atoms with van der Waals surface area (Å²) in [4.78, 5) is 29.7. The Morgan fingerprint density at radius 3 is 2.62 bits per heavy atom. The quantitative estimate of drug-likeness (QED) is 0.793. The van der Waals surface area contributed by atoms with Crippen LogP contribution in [0.25, 0.3) is 0 Å².